The largest absolute Gasteiger partial charge is 0.492 e. The summed E-state index contributed by atoms with van der Waals surface area (Å²) in [5.41, 5.74) is 1.10. The van der Waals surface area contributed by atoms with Crippen LogP contribution in [0.25, 0.3) is 0 Å². The van der Waals surface area contributed by atoms with Gasteiger partial charge in [-0.2, -0.15) is 0 Å². The highest BCUT2D eigenvalue weighted by Crippen LogP contribution is 2.33. The van der Waals surface area contributed by atoms with Crippen molar-refractivity contribution in [1.29, 1.82) is 0 Å². The fourth-order valence-corrected chi connectivity index (χ4v) is 3.35. The van der Waals surface area contributed by atoms with Crippen molar-refractivity contribution >= 4 is 31.9 Å². The molecule has 2 N–H and O–H groups in total. The zero-order valence-electron chi connectivity index (χ0n) is 11.4. The molecule has 1 aromatic carbocycles. The van der Waals surface area contributed by atoms with Crippen LogP contribution >= 0.6 is 31.9 Å². The molecule has 1 aromatic heterocycles. The highest BCUT2D eigenvalue weighted by molar-refractivity contribution is 9.11. The topological polar surface area (TPSA) is 49.9 Å². The summed E-state index contributed by atoms with van der Waals surface area (Å²) in [6.45, 7) is 5.40. The van der Waals surface area contributed by atoms with Gasteiger partial charge in [0.25, 0.3) is 0 Å². The highest BCUT2D eigenvalue weighted by Gasteiger charge is 2.12. The summed E-state index contributed by atoms with van der Waals surface area (Å²) >= 11 is 7.06. The zero-order valence-corrected chi connectivity index (χ0v) is 14.6. The number of aromatic amines is 1. The Hall–Kier alpha value is -0.850. The van der Waals surface area contributed by atoms with Crippen molar-refractivity contribution < 1.29 is 4.74 Å². The van der Waals surface area contributed by atoms with E-state index in [-0.39, 0.29) is 6.04 Å². The van der Waals surface area contributed by atoms with E-state index in [0.29, 0.717) is 13.2 Å². The molecule has 0 spiro atoms. The van der Waals surface area contributed by atoms with Gasteiger partial charge in [0.1, 0.15) is 11.6 Å². The molecule has 2 rings (SSSR count). The van der Waals surface area contributed by atoms with Crippen molar-refractivity contribution in [1.82, 2.24) is 15.3 Å². The molecule has 0 aliphatic carbocycles. The molecule has 0 radical (unpaired) electrons. The second-order valence-corrected chi connectivity index (χ2v) is 6.16. The van der Waals surface area contributed by atoms with Crippen LogP contribution in [0.4, 0.5) is 0 Å². The number of rotatable bonds is 6. The first-order valence-electron chi connectivity index (χ1n) is 6.45. The van der Waals surface area contributed by atoms with Gasteiger partial charge < -0.3 is 15.0 Å². The van der Waals surface area contributed by atoms with E-state index in [1.807, 2.05) is 19.2 Å². The van der Waals surface area contributed by atoms with E-state index >= 15 is 0 Å². The van der Waals surface area contributed by atoms with Crippen LogP contribution in [0.3, 0.4) is 0 Å². The first-order chi connectivity index (χ1) is 9.61. The summed E-state index contributed by atoms with van der Waals surface area (Å²) in [4.78, 5) is 7.37. The molecule has 0 aliphatic heterocycles. The number of aromatic nitrogens is 2. The summed E-state index contributed by atoms with van der Waals surface area (Å²) in [6.07, 6.45) is 3.59. The lowest BCUT2D eigenvalue weighted by Crippen LogP contribution is -2.19. The van der Waals surface area contributed by atoms with Gasteiger partial charge in [-0.3, -0.25) is 0 Å². The monoisotopic (exact) mass is 401 g/mol. The van der Waals surface area contributed by atoms with Crippen LogP contribution in [0.2, 0.25) is 0 Å². The highest BCUT2D eigenvalue weighted by atomic mass is 79.9. The number of hydrogen-bond acceptors (Lipinski definition) is 3. The number of nitrogens with zero attached hydrogens (tertiary/aromatic N) is 1. The van der Waals surface area contributed by atoms with Gasteiger partial charge in [-0.15, -0.1) is 0 Å². The van der Waals surface area contributed by atoms with Crippen LogP contribution in [-0.2, 0) is 6.54 Å². The predicted molar refractivity (Wildman–Crippen MR) is 86.9 cm³/mol. The molecule has 1 atom stereocenters. The Balaban J connectivity index is 2.12. The number of nitrogens with one attached hydrogen (secondary N) is 2. The van der Waals surface area contributed by atoms with E-state index in [1.54, 1.807) is 6.20 Å². The van der Waals surface area contributed by atoms with E-state index in [1.165, 1.54) is 0 Å². The fraction of sp³-hybridized carbons (Fsp3) is 0.357. The van der Waals surface area contributed by atoms with Crippen LogP contribution in [0.1, 0.15) is 31.3 Å². The molecular weight excluding hydrogens is 386 g/mol. The molecule has 1 heterocycles. The van der Waals surface area contributed by atoms with Crippen molar-refractivity contribution in [3.05, 3.63) is 44.9 Å². The normalized spacial score (nSPS) is 12.4. The number of halogens is 2. The van der Waals surface area contributed by atoms with E-state index in [2.05, 4.69) is 60.1 Å². The molecule has 6 heteroatoms. The van der Waals surface area contributed by atoms with Crippen LogP contribution in [0.15, 0.2) is 33.5 Å². The van der Waals surface area contributed by atoms with Gasteiger partial charge in [-0.1, -0.05) is 15.9 Å². The number of imidazole rings is 1. The Bertz CT molecular complexity index is 558. The smallest absolute Gasteiger partial charge is 0.138 e. The van der Waals surface area contributed by atoms with Crippen molar-refractivity contribution in [2.75, 3.05) is 6.61 Å². The standard InChI is InChI=1S/C14H17Br2N3O/c1-3-20-13-10(6-11(15)7-12(13)16)8-19-9(2)14-17-4-5-18-14/h4-7,9,19H,3,8H2,1-2H3,(H,17,18). The summed E-state index contributed by atoms with van der Waals surface area (Å²) in [5.74, 6) is 1.81. The first-order valence-corrected chi connectivity index (χ1v) is 8.03. The molecular formula is C14H17Br2N3O. The molecule has 0 amide bonds. The van der Waals surface area contributed by atoms with E-state index in [4.69, 9.17) is 4.74 Å². The molecule has 0 bridgehead atoms. The SMILES string of the molecule is CCOc1c(Br)cc(Br)cc1CNC(C)c1ncc[nH]1. The zero-order chi connectivity index (χ0) is 14.5. The molecule has 0 aliphatic rings. The second kappa shape index (κ2) is 7.24. The van der Waals surface area contributed by atoms with Crippen molar-refractivity contribution in [2.24, 2.45) is 0 Å². The quantitative estimate of drug-likeness (QED) is 0.761. The molecule has 20 heavy (non-hydrogen) atoms. The molecule has 1 unspecified atom stereocenters. The lowest BCUT2D eigenvalue weighted by molar-refractivity contribution is 0.332. The molecule has 4 nitrogen and oxygen atoms in total. The molecule has 108 valence electrons. The summed E-state index contributed by atoms with van der Waals surface area (Å²) in [7, 11) is 0. The van der Waals surface area contributed by atoms with Crippen molar-refractivity contribution in [3.8, 4) is 5.75 Å². The van der Waals surface area contributed by atoms with Gasteiger partial charge >= 0.3 is 0 Å². The fourth-order valence-electron chi connectivity index (χ4n) is 1.92. The Labute approximate surface area is 135 Å². The number of hydrogen-bond donors (Lipinski definition) is 2. The van der Waals surface area contributed by atoms with Crippen molar-refractivity contribution in [2.45, 2.75) is 26.4 Å². The minimum atomic E-state index is 0.150. The average molecular weight is 403 g/mol. The number of benzene rings is 1. The summed E-state index contributed by atoms with van der Waals surface area (Å²) < 4.78 is 7.69. The van der Waals surface area contributed by atoms with E-state index < -0.39 is 0 Å². The first kappa shape index (κ1) is 15.5. The lowest BCUT2D eigenvalue weighted by atomic mass is 10.2. The maximum atomic E-state index is 5.71. The van der Waals surface area contributed by atoms with E-state index in [9.17, 15) is 0 Å². The minimum Gasteiger partial charge on any atom is -0.492 e. The van der Waals surface area contributed by atoms with Gasteiger partial charge in [-0.25, -0.2) is 4.98 Å². The molecule has 2 aromatic rings. The Morgan fingerprint density at radius 3 is 2.85 bits per heavy atom. The Morgan fingerprint density at radius 1 is 1.40 bits per heavy atom. The van der Waals surface area contributed by atoms with Crippen LogP contribution < -0.4 is 10.1 Å². The molecule has 0 saturated carbocycles. The van der Waals surface area contributed by atoms with Crippen LogP contribution in [0.5, 0.6) is 5.75 Å². The number of ether oxygens (including phenoxy) is 1. The van der Waals surface area contributed by atoms with Crippen molar-refractivity contribution in [3.63, 3.8) is 0 Å². The number of H-pyrrole nitrogens is 1. The van der Waals surface area contributed by atoms with E-state index in [0.717, 1.165) is 26.1 Å². The van der Waals surface area contributed by atoms with Crippen LogP contribution in [0, 0.1) is 0 Å². The Morgan fingerprint density at radius 2 is 2.20 bits per heavy atom. The maximum absolute atomic E-state index is 5.71. The molecule has 0 fully saturated rings. The predicted octanol–water partition coefficient (Wildman–Crippen LogP) is 4.18. The Kier molecular flexibility index (Phi) is 5.63. The lowest BCUT2D eigenvalue weighted by Gasteiger charge is -2.16. The van der Waals surface area contributed by atoms with Gasteiger partial charge in [-0.05, 0) is 41.9 Å². The maximum Gasteiger partial charge on any atom is 0.138 e. The second-order valence-electron chi connectivity index (χ2n) is 4.39. The summed E-state index contributed by atoms with van der Waals surface area (Å²) in [6, 6.07) is 4.21. The van der Waals surface area contributed by atoms with Gasteiger partial charge in [0, 0.05) is 29.0 Å². The summed E-state index contributed by atoms with van der Waals surface area (Å²) in [5, 5.41) is 3.44. The van der Waals surface area contributed by atoms with Gasteiger partial charge in [0.15, 0.2) is 0 Å². The third-order valence-electron chi connectivity index (χ3n) is 2.90. The van der Waals surface area contributed by atoms with Gasteiger partial charge in [0.05, 0.1) is 17.1 Å². The third-order valence-corrected chi connectivity index (χ3v) is 3.95. The third kappa shape index (κ3) is 3.84. The van der Waals surface area contributed by atoms with Crippen LogP contribution in [-0.4, -0.2) is 16.6 Å². The minimum absolute atomic E-state index is 0.150. The van der Waals surface area contributed by atoms with Gasteiger partial charge in [0.2, 0.25) is 0 Å². The molecule has 0 saturated heterocycles. The average Bonchev–Trinajstić information content (AvgIpc) is 2.93.